The molecule has 2 aromatic rings. The SMILES string of the molecule is CN(c1cccc(F)c1)c1c(F)cc(C=O)cc1F. The first-order valence-corrected chi connectivity index (χ1v) is 5.46. The second kappa shape index (κ2) is 5.14. The molecule has 98 valence electrons. The van der Waals surface area contributed by atoms with Crippen LogP contribution in [0.25, 0.3) is 0 Å². The molecule has 0 spiro atoms. The minimum absolute atomic E-state index is 0.0913. The number of nitrogens with zero attached hydrogens (tertiary/aromatic N) is 1. The van der Waals surface area contributed by atoms with Crippen molar-refractivity contribution in [2.45, 2.75) is 0 Å². The highest BCUT2D eigenvalue weighted by Gasteiger charge is 2.16. The first kappa shape index (κ1) is 13.1. The van der Waals surface area contributed by atoms with Gasteiger partial charge in [-0.15, -0.1) is 0 Å². The molecule has 0 unspecified atom stereocenters. The molecule has 2 nitrogen and oxygen atoms in total. The lowest BCUT2D eigenvalue weighted by Gasteiger charge is -2.21. The van der Waals surface area contributed by atoms with Crippen LogP contribution in [-0.4, -0.2) is 13.3 Å². The molecule has 0 bridgehead atoms. The molecular formula is C14H10F3NO. The van der Waals surface area contributed by atoms with E-state index in [0.717, 1.165) is 18.2 Å². The van der Waals surface area contributed by atoms with Crippen molar-refractivity contribution in [1.82, 2.24) is 0 Å². The van der Waals surface area contributed by atoms with Gasteiger partial charge in [-0.25, -0.2) is 13.2 Å². The van der Waals surface area contributed by atoms with Crippen LogP contribution >= 0.6 is 0 Å². The summed E-state index contributed by atoms with van der Waals surface area (Å²) in [6, 6.07) is 7.22. The van der Waals surface area contributed by atoms with Crippen LogP contribution in [0.5, 0.6) is 0 Å². The van der Waals surface area contributed by atoms with Gasteiger partial charge in [0.1, 0.15) is 17.8 Å². The van der Waals surface area contributed by atoms with Crippen LogP contribution in [0.15, 0.2) is 36.4 Å². The number of anilines is 2. The largest absolute Gasteiger partial charge is 0.340 e. The van der Waals surface area contributed by atoms with Gasteiger partial charge in [0.25, 0.3) is 0 Å². The second-order valence-corrected chi connectivity index (χ2v) is 3.99. The van der Waals surface area contributed by atoms with E-state index in [4.69, 9.17) is 0 Å². The maximum Gasteiger partial charge on any atom is 0.150 e. The first-order chi connectivity index (χ1) is 9.02. The van der Waals surface area contributed by atoms with E-state index in [1.165, 1.54) is 30.1 Å². The highest BCUT2D eigenvalue weighted by atomic mass is 19.1. The van der Waals surface area contributed by atoms with E-state index in [0.29, 0.717) is 12.0 Å². The average Bonchev–Trinajstić information content (AvgIpc) is 2.37. The molecule has 0 aliphatic rings. The Bertz CT molecular complexity index is 605. The van der Waals surface area contributed by atoms with Gasteiger partial charge in [-0.3, -0.25) is 4.79 Å². The van der Waals surface area contributed by atoms with Gasteiger partial charge in [0.2, 0.25) is 0 Å². The third-order valence-corrected chi connectivity index (χ3v) is 2.71. The lowest BCUT2D eigenvalue weighted by Crippen LogP contribution is -2.13. The minimum atomic E-state index is -0.881. The Balaban J connectivity index is 2.50. The van der Waals surface area contributed by atoms with Gasteiger partial charge < -0.3 is 4.90 Å². The van der Waals surface area contributed by atoms with Crippen LogP contribution < -0.4 is 4.90 Å². The Morgan fingerprint density at radius 3 is 2.21 bits per heavy atom. The predicted octanol–water partition coefficient (Wildman–Crippen LogP) is 3.68. The number of carbonyl (C=O) groups is 1. The molecule has 0 fully saturated rings. The lowest BCUT2D eigenvalue weighted by molar-refractivity contribution is 0.112. The minimum Gasteiger partial charge on any atom is -0.340 e. The zero-order chi connectivity index (χ0) is 14.0. The van der Waals surface area contributed by atoms with Crippen molar-refractivity contribution in [2.75, 3.05) is 11.9 Å². The predicted molar refractivity (Wildman–Crippen MR) is 66.2 cm³/mol. The summed E-state index contributed by atoms with van der Waals surface area (Å²) in [5, 5.41) is 0. The summed E-state index contributed by atoms with van der Waals surface area (Å²) < 4.78 is 40.7. The lowest BCUT2D eigenvalue weighted by atomic mass is 10.1. The van der Waals surface area contributed by atoms with Gasteiger partial charge in [-0.1, -0.05) is 6.07 Å². The second-order valence-electron chi connectivity index (χ2n) is 3.99. The maximum absolute atomic E-state index is 13.8. The summed E-state index contributed by atoms with van der Waals surface area (Å²) in [5.41, 5.74) is -0.126. The van der Waals surface area contributed by atoms with Crippen LogP contribution in [-0.2, 0) is 0 Å². The van der Waals surface area contributed by atoms with E-state index in [-0.39, 0.29) is 11.3 Å². The molecule has 2 aromatic carbocycles. The summed E-state index contributed by atoms with van der Waals surface area (Å²) in [6.45, 7) is 0. The average molecular weight is 265 g/mol. The number of carbonyl (C=O) groups excluding carboxylic acids is 1. The Labute approximate surface area is 108 Å². The number of rotatable bonds is 3. The first-order valence-electron chi connectivity index (χ1n) is 5.46. The molecule has 5 heteroatoms. The molecule has 19 heavy (non-hydrogen) atoms. The van der Waals surface area contributed by atoms with Crippen molar-refractivity contribution >= 4 is 17.7 Å². The topological polar surface area (TPSA) is 20.3 Å². The molecule has 0 N–H and O–H groups in total. The fourth-order valence-electron chi connectivity index (χ4n) is 1.79. The highest BCUT2D eigenvalue weighted by Crippen LogP contribution is 2.29. The summed E-state index contributed by atoms with van der Waals surface area (Å²) in [5.74, 6) is -2.27. The van der Waals surface area contributed by atoms with Gasteiger partial charge in [0.05, 0.1) is 0 Å². The van der Waals surface area contributed by atoms with E-state index >= 15 is 0 Å². The van der Waals surface area contributed by atoms with E-state index in [1.807, 2.05) is 0 Å². The molecular weight excluding hydrogens is 255 g/mol. The highest BCUT2D eigenvalue weighted by molar-refractivity contribution is 5.77. The van der Waals surface area contributed by atoms with Gasteiger partial charge in [0, 0.05) is 18.3 Å². The molecule has 0 aliphatic heterocycles. The van der Waals surface area contributed by atoms with Crippen molar-refractivity contribution in [3.8, 4) is 0 Å². The molecule has 0 heterocycles. The monoisotopic (exact) mass is 265 g/mol. The number of hydrogen-bond donors (Lipinski definition) is 0. The molecule has 0 aromatic heterocycles. The summed E-state index contributed by atoms with van der Waals surface area (Å²) in [4.78, 5) is 11.7. The molecule has 2 rings (SSSR count). The zero-order valence-electron chi connectivity index (χ0n) is 10.0. The number of hydrogen-bond acceptors (Lipinski definition) is 2. The fourth-order valence-corrected chi connectivity index (χ4v) is 1.79. The molecule has 0 saturated carbocycles. The molecule has 0 atom stereocenters. The normalized spacial score (nSPS) is 10.3. The summed E-state index contributed by atoms with van der Waals surface area (Å²) >= 11 is 0. The van der Waals surface area contributed by atoms with Crippen LogP contribution in [0.4, 0.5) is 24.5 Å². The quantitative estimate of drug-likeness (QED) is 0.789. The summed E-state index contributed by atoms with van der Waals surface area (Å²) in [6.07, 6.45) is 0.359. The molecule has 0 aliphatic carbocycles. The Kier molecular flexibility index (Phi) is 3.55. The van der Waals surface area contributed by atoms with E-state index in [2.05, 4.69) is 0 Å². The fraction of sp³-hybridized carbons (Fsp3) is 0.0714. The summed E-state index contributed by atoms with van der Waals surface area (Å²) in [7, 11) is 1.41. The van der Waals surface area contributed by atoms with Crippen molar-refractivity contribution in [1.29, 1.82) is 0 Å². The van der Waals surface area contributed by atoms with Gasteiger partial charge in [-0.05, 0) is 30.3 Å². The smallest absolute Gasteiger partial charge is 0.150 e. The number of aldehydes is 1. The van der Waals surface area contributed by atoms with Crippen molar-refractivity contribution in [2.24, 2.45) is 0 Å². The standard InChI is InChI=1S/C14H10F3NO/c1-18(11-4-2-3-10(15)7-11)14-12(16)5-9(8-19)6-13(14)17/h2-8H,1H3. The van der Waals surface area contributed by atoms with Crippen LogP contribution in [0.3, 0.4) is 0 Å². The van der Waals surface area contributed by atoms with Gasteiger partial charge in [-0.2, -0.15) is 0 Å². The van der Waals surface area contributed by atoms with Crippen LogP contribution in [0, 0.1) is 17.5 Å². The van der Waals surface area contributed by atoms with Gasteiger partial charge >= 0.3 is 0 Å². The van der Waals surface area contributed by atoms with E-state index in [9.17, 15) is 18.0 Å². The Morgan fingerprint density at radius 2 is 1.68 bits per heavy atom. The molecule has 0 saturated heterocycles. The Hall–Kier alpha value is -2.30. The van der Waals surface area contributed by atoms with Gasteiger partial charge in [0.15, 0.2) is 11.6 Å². The van der Waals surface area contributed by atoms with E-state index < -0.39 is 17.5 Å². The third kappa shape index (κ3) is 2.59. The number of halogens is 3. The molecule has 0 radical (unpaired) electrons. The van der Waals surface area contributed by atoms with E-state index in [1.54, 1.807) is 0 Å². The zero-order valence-corrected chi connectivity index (χ0v) is 10.0. The van der Waals surface area contributed by atoms with Crippen molar-refractivity contribution in [3.05, 3.63) is 59.4 Å². The molecule has 0 amide bonds. The van der Waals surface area contributed by atoms with Crippen molar-refractivity contribution < 1.29 is 18.0 Å². The Morgan fingerprint density at radius 1 is 1.05 bits per heavy atom. The van der Waals surface area contributed by atoms with Crippen LogP contribution in [0.2, 0.25) is 0 Å². The number of benzene rings is 2. The van der Waals surface area contributed by atoms with Crippen LogP contribution in [0.1, 0.15) is 10.4 Å². The third-order valence-electron chi connectivity index (χ3n) is 2.71. The van der Waals surface area contributed by atoms with Crippen molar-refractivity contribution in [3.63, 3.8) is 0 Å². The maximum atomic E-state index is 13.8.